The minimum Gasteiger partial charge on any atom is -0.465 e. The summed E-state index contributed by atoms with van der Waals surface area (Å²) in [5, 5.41) is 3.03. The fraction of sp³-hybridized carbons (Fsp3) is 0.320. The van der Waals surface area contributed by atoms with Gasteiger partial charge in [-0.3, -0.25) is 14.4 Å². The van der Waals surface area contributed by atoms with Crippen molar-refractivity contribution in [2.75, 3.05) is 39.2 Å². The van der Waals surface area contributed by atoms with E-state index < -0.39 is 36.3 Å². The second-order valence-corrected chi connectivity index (χ2v) is 8.45. The first-order valence-corrected chi connectivity index (χ1v) is 11.4. The van der Waals surface area contributed by atoms with Gasteiger partial charge in [-0.1, -0.05) is 11.6 Å². The molecule has 1 fully saturated rings. The van der Waals surface area contributed by atoms with Crippen LogP contribution in [-0.4, -0.2) is 68.5 Å². The fourth-order valence-corrected chi connectivity index (χ4v) is 3.84. The van der Waals surface area contributed by atoms with Crippen molar-refractivity contribution in [3.05, 3.63) is 64.2 Å². The van der Waals surface area contributed by atoms with E-state index in [1.54, 1.807) is 29.2 Å². The summed E-state index contributed by atoms with van der Waals surface area (Å²) >= 11 is 5.86. The van der Waals surface area contributed by atoms with Crippen molar-refractivity contribution >= 4 is 47.0 Å². The summed E-state index contributed by atoms with van der Waals surface area (Å²) in [4.78, 5) is 62.8. The Morgan fingerprint density at radius 1 is 0.889 bits per heavy atom. The second-order valence-electron chi connectivity index (χ2n) is 8.01. The molecule has 2 amide bonds. The summed E-state index contributed by atoms with van der Waals surface area (Å²) in [5.41, 5.74) is 0.720. The van der Waals surface area contributed by atoms with Gasteiger partial charge in [0.2, 0.25) is 0 Å². The van der Waals surface area contributed by atoms with Crippen LogP contribution in [0.1, 0.15) is 43.9 Å². The highest BCUT2D eigenvalue weighted by atomic mass is 35.5. The lowest BCUT2D eigenvalue weighted by Crippen LogP contribution is -2.41. The van der Waals surface area contributed by atoms with Crippen LogP contribution in [0.15, 0.2) is 42.5 Å². The maximum absolute atomic E-state index is 12.6. The molecule has 190 valence electrons. The average Bonchev–Trinajstić information content (AvgIpc) is 2.90. The van der Waals surface area contributed by atoms with Crippen molar-refractivity contribution in [1.29, 1.82) is 0 Å². The van der Waals surface area contributed by atoms with Crippen LogP contribution in [0.3, 0.4) is 0 Å². The highest BCUT2D eigenvalue weighted by molar-refractivity contribution is 6.30. The zero-order valence-electron chi connectivity index (χ0n) is 19.7. The zero-order chi connectivity index (χ0) is 26.2. The number of ether oxygens (including phenoxy) is 3. The topological polar surface area (TPSA) is 128 Å². The molecular weight excluding hydrogens is 492 g/mol. The molecule has 0 bridgehead atoms. The molecule has 2 aromatic rings. The van der Waals surface area contributed by atoms with Gasteiger partial charge in [0.1, 0.15) is 0 Å². The van der Waals surface area contributed by atoms with Gasteiger partial charge < -0.3 is 24.4 Å². The number of carbonyl (C=O) groups is 5. The van der Waals surface area contributed by atoms with Gasteiger partial charge in [-0.25, -0.2) is 9.59 Å². The largest absolute Gasteiger partial charge is 0.465 e. The van der Waals surface area contributed by atoms with Gasteiger partial charge in [0, 0.05) is 29.4 Å². The Morgan fingerprint density at radius 2 is 1.44 bits per heavy atom. The predicted molar refractivity (Wildman–Crippen MR) is 129 cm³/mol. The number of hydrogen-bond acceptors (Lipinski definition) is 8. The smallest absolute Gasteiger partial charge is 0.337 e. The number of carbonyl (C=O) groups excluding carboxylic acids is 5. The van der Waals surface area contributed by atoms with Crippen LogP contribution >= 0.6 is 11.6 Å². The number of piperidine rings is 1. The van der Waals surface area contributed by atoms with Gasteiger partial charge in [0.25, 0.3) is 11.8 Å². The minimum atomic E-state index is -0.705. The van der Waals surface area contributed by atoms with Gasteiger partial charge in [-0.05, 0) is 55.3 Å². The van der Waals surface area contributed by atoms with Crippen molar-refractivity contribution in [3.63, 3.8) is 0 Å². The maximum atomic E-state index is 12.6. The van der Waals surface area contributed by atoms with E-state index in [9.17, 15) is 24.0 Å². The zero-order valence-corrected chi connectivity index (χ0v) is 20.5. The van der Waals surface area contributed by atoms with Crippen molar-refractivity contribution in [1.82, 2.24) is 4.90 Å². The SMILES string of the molecule is COC(=O)c1cc(NC(=O)COC(=O)C2CCN(C(=O)c3ccc(Cl)cc3)CC2)cc(C(=O)OC)c1. The van der Waals surface area contributed by atoms with Crippen LogP contribution in [0.5, 0.6) is 0 Å². The average molecular weight is 517 g/mol. The van der Waals surface area contributed by atoms with Crippen LogP contribution < -0.4 is 5.32 Å². The van der Waals surface area contributed by atoms with Gasteiger partial charge >= 0.3 is 17.9 Å². The highest BCUT2D eigenvalue weighted by Crippen LogP contribution is 2.21. The summed E-state index contributed by atoms with van der Waals surface area (Å²) in [6.45, 7) is 0.201. The first kappa shape index (κ1) is 26.7. The molecule has 1 N–H and O–H groups in total. The lowest BCUT2D eigenvalue weighted by atomic mass is 9.96. The Labute approximate surface area is 212 Å². The lowest BCUT2D eigenvalue weighted by Gasteiger charge is -2.31. The van der Waals surface area contributed by atoms with Crippen molar-refractivity contribution in [3.8, 4) is 0 Å². The number of nitrogens with one attached hydrogen (secondary N) is 1. The molecule has 0 aliphatic carbocycles. The molecule has 1 aliphatic heterocycles. The quantitative estimate of drug-likeness (QED) is 0.439. The molecule has 36 heavy (non-hydrogen) atoms. The first-order valence-electron chi connectivity index (χ1n) is 11.0. The van der Waals surface area contributed by atoms with E-state index in [4.69, 9.17) is 16.3 Å². The summed E-state index contributed by atoms with van der Waals surface area (Å²) in [5.74, 6) is -3.19. The summed E-state index contributed by atoms with van der Waals surface area (Å²) in [6, 6.07) is 10.5. The monoisotopic (exact) mass is 516 g/mol. The molecule has 11 heteroatoms. The van der Waals surface area contributed by atoms with Crippen LogP contribution in [0.25, 0.3) is 0 Å². The van der Waals surface area contributed by atoms with Crippen molar-refractivity contribution in [2.45, 2.75) is 12.8 Å². The second kappa shape index (κ2) is 12.2. The molecule has 1 heterocycles. The minimum absolute atomic E-state index is 0.0348. The normalized spacial score (nSPS) is 13.5. The number of methoxy groups -OCH3 is 2. The van der Waals surface area contributed by atoms with Crippen molar-refractivity contribution < 1.29 is 38.2 Å². The van der Waals surface area contributed by atoms with Crippen LogP contribution in [0, 0.1) is 5.92 Å². The number of hydrogen-bond donors (Lipinski definition) is 1. The van der Waals surface area contributed by atoms with E-state index in [-0.39, 0.29) is 22.7 Å². The third kappa shape index (κ3) is 6.82. The molecule has 2 aromatic carbocycles. The van der Waals surface area contributed by atoms with E-state index in [0.29, 0.717) is 36.5 Å². The number of esters is 3. The Bertz CT molecular complexity index is 1120. The molecule has 1 aliphatic rings. The van der Waals surface area contributed by atoms with E-state index in [1.165, 1.54) is 32.4 Å². The number of amides is 2. The molecule has 1 saturated heterocycles. The molecule has 0 saturated carbocycles. The molecular formula is C25H25ClN2O8. The molecule has 10 nitrogen and oxygen atoms in total. The number of anilines is 1. The number of likely N-dealkylation sites (tertiary alicyclic amines) is 1. The molecule has 0 spiro atoms. The van der Waals surface area contributed by atoms with E-state index in [2.05, 4.69) is 14.8 Å². The van der Waals surface area contributed by atoms with Gasteiger partial charge in [-0.15, -0.1) is 0 Å². The standard InChI is InChI=1S/C25H25ClN2O8/c1-34-23(31)17-11-18(24(32)35-2)13-20(12-17)27-21(29)14-36-25(33)16-7-9-28(10-8-16)22(30)15-3-5-19(26)6-4-15/h3-6,11-13,16H,7-10,14H2,1-2H3,(H,27,29). The van der Waals surface area contributed by atoms with Gasteiger partial charge in [0.15, 0.2) is 6.61 Å². The van der Waals surface area contributed by atoms with Crippen LogP contribution in [-0.2, 0) is 23.8 Å². The van der Waals surface area contributed by atoms with Crippen LogP contribution in [0.4, 0.5) is 5.69 Å². The summed E-state index contributed by atoms with van der Waals surface area (Å²) in [6.07, 6.45) is 0.812. The van der Waals surface area contributed by atoms with E-state index in [1.807, 2.05) is 0 Å². The lowest BCUT2D eigenvalue weighted by molar-refractivity contribution is -0.152. The van der Waals surface area contributed by atoms with E-state index >= 15 is 0 Å². The third-order valence-electron chi connectivity index (χ3n) is 5.61. The Hall–Kier alpha value is -3.92. The number of nitrogens with zero attached hydrogens (tertiary/aromatic N) is 1. The Kier molecular flexibility index (Phi) is 9.02. The predicted octanol–water partition coefficient (Wildman–Crippen LogP) is 2.95. The van der Waals surface area contributed by atoms with Gasteiger partial charge in [-0.2, -0.15) is 0 Å². The molecule has 3 rings (SSSR count). The highest BCUT2D eigenvalue weighted by Gasteiger charge is 2.29. The van der Waals surface area contributed by atoms with Crippen molar-refractivity contribution in [2.24, 2.45) is 5.92 Å². The number of benzene rings is 2. The summed E-state index contributed by atoms with van der Waals surface area (Å²) < 4.78 is 14.5. The Balaban J connectivity index is 1.52. The molecule has 0 atom stereocenters. The molecule has 0 radical (unpaired) electrons. The van der Waals surface area contributed by atoms with E-state index in [0.717, 1.165) is 0 Å². The summed E-state index contributed by atoms with van der Waals surface area (Å²) in [7, 11) is 2.37. The number of rotatable bonds is 7. The molecule has 0 aromatic heterocycles. The first-order chi connectivity index (χ1) is 17.2. The third-order valence-corrected chi connectivity index (χ3v) is 5.86. The van der Waals surface area contributed by atoms with Gasteiger partial charge in [0.05, 0.1) is 31.3 Å². The molecule has 0 unspecified atom stereocenters. The fourth-order valence-electron chi connectivity index (χ4n) is 3.72. The maximum Gasteiger partial charge on any atom is 0.337 e. The Morgan fingerprint density at radius 3 is 1.97 bits per heavy atom. The van der Waals surface area contributed by atoms with Crippen LogP contribution in [0.2, 0.25) is 5.02 Å². The number of halogens is 1.